The van der Waals surface area contributed by atoms with Crippen molar-refractivity contribution in [3.05, 3.63) is 120 Å². The van der Waals surface area contributed by atoms with Crippen molar-refractivity contribution < 1.29 is 19.2 Å². The van der Waals surface area contributed by atoms with E-state index in [0.29, 0.717) is 28.8 Å². The molecule has 4 amide bonds. The first-order valence-electron chi connectivity index (χ1n) is 18.8. The minimum atomic E-state index is -0.748. The molecule has 4 aromatic heterocycles. The molecule has 6 aromatic rings. The van der Waals surface area contributed by atoms with Gasteiger partial charge >= 0.3 is 0 Å². The fraction of sp³-hybridized carbons (Fsp3) is 0.256. The van der Waals surface area contributed by atoms with E-state index in [9.17, 15) is 19.2 Å². The Morgan fingerprint density at radius 1 is 0.610 bits per heavy atom. The molecule has 0 atom stereocenters. The lowest BCUT2D eigenvalue weighted by atomic mass is 9.85. The maximum absolute atomic E-state index is 13.4. The highest BCUT2D eigenvalue weighted by Gasteiger charge is 2.46. The predicted molar refractivity (Wildman–Crippen MR) is 220 cm³/mol. The number of aryl methyl sites for hydroxylation is 2. The summed E-state index contributed by atoms with van der Waals surface area (Å²) < 4.78 is 0. The largest absolute Gasteiger partial charge is 0.364 e. The molecular formula is C43H42N12O4. The summed E-state index contributed by atoms with van der Waals surface area (Å²) in [6.45, 7) is 14.9. The van der Waals surface area contributed by atoms with Crippen molar-refractivity contribution in [1.29, 1.82) is 0 Å². The Morgan fingerprint density at radius 3 is 1.42 bits per heavy atom. The van der Waals surface area contributed by atoms with Crippen molar-refractivity contribution in [3.8, 4) is 22.3 Å². The van der Waals surface area contributed by atoms with Crippen molar-refractivity contribution >= 4 is 46.6 Å². The fourth-order valence-electron chi connectivity index (χ4n) is 6.89. The number of amides is 4. The molecule has 0 unspecified atom stereocenters. The maximum Gasteiger partial charge on any atom is 0.271 e. The molecule has 2 aliphatic rings. The monoisotopic (exact) mass is 790 g/mol. The zero-order valence-electron chi connectivity index (χ0n) is 33.8. The van der Waals surface area contributed by atoms with Gasteiger partial charge in [0.05, 0.1) is 47.0 Å². The number of nitrogens with zero attached hydrogens (tertiary/aromatic N) is 10. The average Bonchev–Trinajstić information content (AvgIpc) is 3.54. The highest BCUT2D eigenvalue weighted by Crippen LogP contribution is 2.47. The van der Waals surface area contributed by atoms with E-state index in [0.717, 1.165) is 33.4 Å². The Balaban J connectivity index is 0.000000180. The van der Waals surface area contributed by atoms with Gasteiger partial charge in [-0.15, -0.1) is 0 Å². The molecule has 0 spiro atoms. The summed E-state index contributed by atoms with van der Waals surface area (Å²) in [6, 6.07) is 11.6. The van der Waals surface area contributed by atoms with Gasteiger partial charge in [0, 0.05) is 42.0 Å². The van der Waals surface area contributed by atoms with E-state index in [2.05, 4.69) is 45.2 Å². The van der Waals surface area contributed by atoms with Crippen LogP contribution in [0.5, 0.6) is 0 Å². The van der Waals surface area contributed by atoms with Crippen LogP contribution in [0.25, 0.3) is 22.3 Å². The van der Waals surface area contributed by atoms with Crippen LogP contribution in [-0.4, -0.2) is 69.5 Å². The number of carbonyl (C=O) groups is 4. The van der Waals surface area contributed by atoms with Gasteiger partial charge in [-0.2, -0.15) is 0 Å². The summed E-state index contributed by atoms with van der Waals surface area (Å²) in [5, 5.41) is 2.80. The van der Waals surface area contributed by atoms with Crippen LogP contribution >= 0.6 is 0 Å². The number of nitrogens with two attached hydrogens (primary N) is 1. The third-order valence-electron chi connectivity index (χ3n) is 10.1. The molecule has 0 bridgehead atoms. The van der Waals surface area contributed by atoms with Crippen LogP contribution in [0.1, 0.15) is 85.3 Å². The van der Waals surface area contributed by atoms with Gasteiger partial charge < -0.3 is 11.1 Å². The second kappa shape index (κ2) is 15.2. The molecule has 0 fully saturated rings. The number of fused-ring (bicyclic) bond motifs is 2. The van der Waals surface area contributed by atoms with Gasteiger partial charge in [0.1, 0.15) is 23.0 Å². The second-order valence-electron chi connectivity index (χ2n) is 15.6. The van der Waals surface area contributed by atoms with Crippen LogP contribution in [0.15, 0.2) is 86.0 Å². The quantitative estimate of drug-likeness (QED) is 0.201. The zero-order chi connectivity index (χ0) is 42.4. The van der Waals surface area contributed by atoms with Crippen molar-refractivity contribution in [1.82, 2.24) is 45.2 Å². The van der Waals surface area contributed by atoms with E-state index in [1.165, 1.54) is 34.6 Å². The molecule has 0 saturated heterocycles. The normalized spacial score (nSPS) is 14.7. The molecule has 2 aliphatic heterocycles. The van der Waals surface area contributed by atoms with Gasteiger partial charge in [-0.25, -0.2) is 29.9 Å². The fourth-order valence-corrected chi connectivity index (χ4v) is 6.89. The molecule has 0 saturated carbocycles. The van der Waals surface area contributed by atoms with Crippen LogP contribution in [0.2, 0.25) is 0 Å². The van der Waals surface area contributed by atoms with Crippen molar-refractivity contribution in [2.24, 2.45) is 5.73 Å². The summed E-state index contributed by atoms with van der Waals surface area (Å²) in [7, 11) is 0. The molecule has 3 N–H and O–H groups in total. The first kappa shape index (κ1) is 39.9. The predicted octanol–water partition coefficient (Wildman–Crippen LogP) is 5.63. The third kappa shape index (κ3) is 7.47. The highest BCUT2D eigenvalue weighted by molar-refractivity contribution is 6.13. The SMILES string of the molecule is Cc1ncc(-c2ccc3c(c2)N(c2cncc(C(=O)NC(C)C)n2)C(=O)C3(C)C)cn1.Cc1ncc(-c2ccc3c(c2)N(c2cncc(C(N)=O)n2)C(=O)C3(C)C)cn1. The molecular weight excluding hydrogens is 749 g/mol. The first-order valence-corrected chi connectivity index (χ1v) is 18.8. The Kier molecular flexibility index (Phi) is 10.3. The first-order chi connectivity index (χ1) is 28.0. The van der Waals surface area contributed by atoms with Crippen molar-refractivity contribution in [2.75, 3.05) is 9.80 Å². The number of carbonyl (C=O) groups excluding carboxylic acids is 4. The summed E-state index contributed by atoms with van der Waals surface area (Å²) in [5.74, 6) is 0.616. The van der Waals surface area contributed by atoms with E-state index >= 15 is 0 Å². The van der Waals surface area contributed by atoms with Gasteiger partial charge in [-0.1, -0.05) is 24.3 Å². The highest BCUT2D eigenvalue weighted by atomic mass is 16.2. The summed E-state index contributed by atoms with van der Waals surface area (Å²) in [6.07, 6.45) is 12.6. The Morgan fingerprint density at radius 2 is 1.02 bits per heavy atom. The Labute approximate surface area is 340 Å². The number of aromatic nitrogens is 8. The summed E-state index contributed by atoms with van der Waals surface area (Å²) in [5.41, 5.74) is 10.6. The molecule has 8 rings (SSSR count). The van der Waals surface area contributed by atoms with E-state index in [-0.39, 0.29) is 41.0 Å². The number of rotatable bonds is 7. The number of primary amides is 1. The van der Waals surface area contributed by atoms with Crippen LogP contribution in [0, 0.1) is 13.8 Å². The number of hydrogen-bond donors (Lipinski definition) is 2. The van der Waals surface area contributed by atoms with E-state index in [1.54, 1.807) is 24.8 Å². The van der Waals surface area contributed by atoms with Gasteiger partial charge in [-0.05, 0) is 89.8 Å². The van der Waals surface area contributed by atoms with E-state index in [4.69, 9.17) is 5.73 Å². The molecule has 2 aromatic carbocycles. The van der Waals surface area contributed by atoms with Crippen molar-refractivity contribution in [3.63, 3.8) is 0 Å². The van der Waals surface area contributed by atoms with Gasteiger partial charge in [0.2, 0.25) is 11.8 Å². The minimum Gasteiger partial charge on any atom is -0.364 e. The summed E-state index contributed by atoms with van der Waals surface area (Å²) in [4.78, 5) is 87.3. The van der Waals surface area contributed by atoms with Gasteiger partial charge in [-0.3, -0.25) is 38.9 Å². The molecule has 6 heterocycles. The van der Waals surface area contributed by atoms with E-state index < -0.39 is 16.7 Å². The number of nitrogens with one attached hydrogen (secondary N) is 1. The number of benzene rings is 2. The Hall–Kier alpha value is -7.36. The Bertz CT molecular complexity index is 2640. The van der Waals surface area contributed by atoms with Crippen molar-refractivity contribution in [2.45, 2.75) is 72.3 Å². The topological polar surface area (TPSA) is 216 Å². The third-order valence-corrected chi connectivity index (χ3v) is 10.1. The lowest BCUT2D eigenvalue weighted by Crippen LogP contribution is -2.34. The zero-order valence-corrected chi connectivity index (χ0v) is 33.8. The number of anilines is 4. The van der Waals surface area contributed by atoms with E-state index in [1.807, 2.05) is 91.8 Å². The van der Waals surface area contributed by atoms with Crippen LogP contribution in [0.4, 0.5) is 23.0 Å². The molecule has 0 aliphatic carbocycles. The number of hydrogen-bond acceptors (Lipinski definition) is 12. The minimum absolute atomic E-state index is 0.000328. The molecule has 16 heteroatoms. The lowest BCUT2D eigenvalue weighted by molar-refractivity contribution is -0.122. The smallest absolute Gasteiger partial charge is 0.271 e. The molecule has 16 nitrogen and oxygen atoms in total. The standard InChI is InChI=1S/C23H24N6O2.C20H18N6O2/c1-13(2)27-21(30)18-11-24-12-20(28-18)29-19-8-15(16-9-25-14(3)26-10-16)6-7-17(19)23(4,5)22(29)31;1-11-23-7-13(8-24-11)12-4-5-14-16(6-12)26(19(28)20(14,2)3)17-10-22-9-15(25-17)18(21)27/h6-13H,1-5H3,(H,27,30);4-10H,1-3H3,(H2,21,27). The second-order valence-corrected chi connectivity index (χ2v) is 15.6. The molecule has 59 heavy (non-hydrogen) atoms. The average molecular weight is 791 g/mol. The molecule has 0 radical (unpaired) electrons. The van der Waals surface area contributed by atoms with Gasteiger partial charge in [0.15, 0.2) is 11.6 Å². The summed E-state index contributed by atoms with van der Waals surface area (Å²) >= 11 is 0. The maximum atomic E-state index is 13.4. The van der Waals surface area contributed by atoms with Gasteiger partial charge in [0.25, 0.3) is 11.8 Å². The van der Waals surface area contributed by atoms with Crippen LogP contribution in [0.3, 0.4) is 0 Å². The molecule has 298 valence electrons. The lowest BCUT2D eigenvalue weighted by Gasteiger charge is -2.20. The van der Waals surface area contributed by atoms with Crippen LogP contribution in [-0.2, 0) is 20.4 Å². The van der Waals surface area contributed by atoms with Crippen LogP contribution < -0.4 is 20.9 Å².